The fraction of sp³-hybridized carbons (Fsp3) is 0.235. The van der Waals surface area contributed by atoms with Gasteiger partial charge in [-0.25, -0.2) is 0 Å². The molecule has 1 N–H and O–H groups in total. The van der Waals surface area contributed by atoms with Crippen LogP contribution in [0.3, 0.4) is 0 Å². The third-order valence-corrected chi connectivity index (χ3v) is 3.97. The maximum absolute atomic E-state index is 12.1. The van der Waals surface area contributed by atoms with E-state index in [1.54, 1.807) is 0 Å². The second-order valence-electron chi connectivity index (χ2n) is 4.73. The quantitative estimate of drug-likeness (QED) is 0.884. The summed E-state index contributed by atoms with van der Waals surface area (Å²) >= 11 is 3.43. The van der Waals surface area contributed by atoms with Gasteiger partial charge in [0.15, 0.2) is 0 Å². The summed E-state index contributed by atoms with van der Waals surface area (Å²) < 4.78 is 6.45. The van der Waals surface area contributed by atoms with Gasteiger partial charge in [-0.15, -0.1) is 0 Å². The molecule has 0 atom stereocenters. The molecule has 21 heavy (non-hydrogen) atoms. The van der Waals surface area contributed by atoms with Crippen LogP contribution >= 0.6 is 15.9 Å². The van der Waals surface area contributed by atoms with E-state index in [1.807, 2.05) is 56.3 Å². The number of carbonyl (C=O) groups excluding carboxylic acids is 1. The van der Waals surface area contributed by atoms with Crippen molar-refractivity contribution < 1.29 is 9.53 Å². The second-order valence-corrected chi connectivity index (χ2v) is 5.58. The Balaban J connectivity index is 2.00. The lowest BCUT2D eigenvalue weighted by Crippen LogP contribution is -2.22. The third kappa shape index (κ3) is 4.33. The molecule has 0 spiro atoms. The van der Waals surface area contributed by atoms with Gasteiger partial charge in [0.1, 0.15) is 5.75 Å². The maximum atomic E-state index is 12.1. The molecule has 0 aliphatic carbocycles. The first kappa shape index (κ1) is 15.6. The number of benzene rings is 2. The predicted molar refractivity (Wildman–Crippen MR) is 87.7 cm³/mol. The molecular formula is C17H18BrNO2. The Hall–Kier alpha value is -1.81. The maximum Gasteiger partial charge on any atom is 0.251 e. The molecule has 2 aromatic rings. The molecule has 0 aliphatic heterocycles. The van der Waals surface area contributed by atoms with Crippen molar-refractivity contribution in [1.82, 2.24) is 5.32 Å². The van der Waals surface area contributed by atoms with E-state index in [-0.39, 0.29) is 5.91 Å². The molecule has 0 heterocycles. The summed E-state index contributed by atoms with van der Waals surface area (Å²) in [4.78, 5) is 12.1. The van der Waals surface area contributed by atoms with E-state index in [0.29, 0.717) is 18.7 Å². The number of carbonyl (C=O) groups is 1. The van der Waals surface area contributed by atoms with Gasteiger partial charge >= 0.3 is 0 Å². The first-order chi connectivity index (χ1) is 10.1. The molecule has 0 saturated carbocycles. The number of halogens is 1. The van der Waals surface area contributed by atoms with E-state index < -0.39 is 0 Å². The van der Waals surface area contributed by atoms with Crippen LogP contribution < -0.4 is 10.1 Å². The van der Waals surface area contributed by atoms with Crippen molar-refractivity contribution in [2.45, 2.75) is 20.4 Å². The second kappa shape index (κ2) is 7.27. The summed E-state index contributed by atoms with van der Waals surface area (Å²) in [7, 11) is 0. The minimum absolute atomic E-state index is 0.0765. The van der Waals surface area contributed by atoms with Gasteiger partial charge in [0.25, 0.3) is 5.91 Å². The minimum Gasteiger partial charge on any atom is -0.494 e. The zero-order chi connectivity index (χ0) is 15.2. The molecule has 4 heteroatoms. The lowest BCUT2D eigenvalue weighted by atomic mass is 10.1. The van der Waals surface area contributed by atoms with E-state index in [2.05, 4.69) is 21.2 Å². The molecule has 0 saturated heterocycles. The molecule has 110 valence electrons. The fourth-order valence-corrected chi connectivity index (χ4v) is 2.23. The van der Waals surface area contributed by atoms with E-state index in [4.69, 9.17) is 4.74 Å². The monoisotopic (exact) mass is 347 g/mol. The summed E-state index contributed by atoms with van der Waals surface area (Å²) in [6, 6.07) is 13.3. The summed E-state index contributed by atoms with van der Waals surface area (Å²) in [6.07, 6.45) is 0. The van der Waals surface area contributed by atoms with Crippen LogP contribution in [0.2, 0.25) is 0 Å². The molecule has 3 nitrogen and oxygen atoms in total. The Morgan fingerprint density at radius 1 is 1.24 bits per heavy atom. The lowest BCUT2D eigenvalue weighted by Gasteiger charge is -2.08. The summed E-state index contributed by atoms with van der Waals surface area (Å²) in [6.45, 7) is 5.03. The van der Waals surface area contributed by atoms with Crippen molar-refractivity contribution in [2.75, 3.05) is 6.61 Å². The van der Waals surface area contributed by atoms with Crippen LogP contribution in [0.1, 0.15) is 28.4 Å². The number of aryl methyl sites for hydroxylation is 1. The summed E-state index contributed by atoms with van der Waals surface area (Å²) in [5, 5.41) is 2.92. The smallest absolute Gasteiger partial charge is 0.251 e. The molecule has 1 amide bonds. The van der Waals surface area contributed by atoms with Gasteiger partial charge < -0.3 is 10.1 Å². The van der Waals surface area contributed by atoms with Crippen molar-refractivity contribution in [2.24, 2.45) is 0 Å². The average Bonchev–Trinajstić information content (AvgIpc) is 2.48. The third-order valence-electron chi connectivity index (χ3n) is 3.08. The highest BCUT2D eigenvalue weighted by atomic mass is 79.9. The van der Waals surface area contributed by atoms with E-state index in [1.165, 1.54) is 0 Å². The van der Waals surface area contributed by atoms with Gasteiger partial charge in [-0.3, -0.25) is 4.79 Å². The average molecular weight is 348 g/mol. The van der Waals surface area contributed by atoms with Crippen LogP contribution in [-0.4, -0.2) is 12.5 Å². The van der Waals surface area contributed by atoms with E-state index >= 15 is 0 Å². The van der Waals surface area contributed by atoms with Gasteiger partial charge in [0.05, 0.1) is 6.61 Å². The van der Waals surface area contributed by atoms with Crippen LogP contribution in [0, 0.1) is 6.92 Å². The van der Waals surface area contributed by atoms with Crippen molar-refractivity contribution in [3.8, 4) is 5.75 Å². The molecule has 0 unspecified atom stereocenters. The zero-order valence-electron chi connectivity index (χ0n) is 12.2. The molecule has 2 rings (SSSR count). The summed E-state index contributed by atoms with van der Waals surface area (Å²) in [5.74, 6) is 0.746. The minimum atomic E-state index is -0.0765. The van der Waals surface area contributed by atoms with Gasteiger partial charge in [0.2, 0.25) is 0 Å². The highest BCUT2D eigenvalue weighted by Crippen LogP contribution is 2.17. The molecule has 0 aliphatic rings. The Morgan fingerprint density at radius 3 is 2.76 bits per heavy atom. The number of hydrogen-bond donors (Lipinski definition) is 1. The molecule has 0 fully saturated rings. The Morgan fingerprint density at radius 2 is 2.05 bits per heavy atom. The van der Waals surface area contributed by atoms with Crippen molar-refractivity contribution in [3.05, 3.63) is 63.6 Å². The van der Waals surface area contributed by atoms with Gasteiger partial charge in [-0.1, -0.05) is 28.1 Å². The van der Waals surface area contributed by atoms with Crippen LogP contribution in [-0.2, 0) is 6.54 Å². The number of rotatable bonds is 5. The van der Waals surface area contributed by atoms with Crippen molar-refractivity contribution in [1.29, 1.82) is 0 Å². The predicted octanol–water partition coefficient (Wildman–Crippen LogP) is 4.09. The molecule has 0 radical (unpaired) electrons. The normalized spacial score (nSPS) is 10.2. The van der Waals surface area contributed by atoms with Gasteiger partial charge in [0, 0.05) is 16.6 Å². The Kier molecular flexibility index (Phi) is 5.39. The number of hydrogen-bond acceptors (Lipinski definition) is 2. The van der Waals surface area contributed by atoms with Crippen molar-refractivity contribution in [3.63, 3.8) is 0 Å². The molecule has 2 aromatic carbocycles. The Labute approximate surface area is 133 Å². The molecule has 0 bridgehead atoms. The Bertz CT molecular complexity index is 640. The lowest BCUT2D eigenvalue weighted by molar-refractivity contribution is 0.0950. The number of nitrogens with one attached hydrogen (secondary N) is 1. The van der Waals surface area contributed by atoms with E-state index in [0.717, 1.165) is 21.3 Å². The van der Waals surface area contributed by atoms with Crippen LogP contribution in [0.4, 0.5) is 0 Å². The first-order valence-corrected chi connectivity index (χ1v) is 7.65. The highest BCUT2D eigenvalue weighted by molar-refractivity contribution is 9.10. The standard InChI is InChI=1S/C17H18BrNO2/c1-3-21-15-6-4-5-13(10-15)11-19-17(20)14-7-8-16(18)12(2)9-14/h4-10H,3,11H2,1-2H3,(H,19,20). The van der Waals surface area contributed by atoms with Gasteiger partial charge in [-0.05, 0) is 55.3 Å². The topological polar surface area (TPSA) is 38.3 Å². The number of amides is 1. The van der Waals surface area contributed by atoms with Crippen LogP contribution in [0.15, 0.2) is 46.9 Å². The molecule has 0 aromatic heterocycles. The first-order valence-electron chi connectivity index (χ1n) is 6.86. The number of ether oxygens (including phenoxy) is 1. The van der Waals surface area contributed by atoms with Crippen LogP contribution in [0.5, 0.6) is 5.75 Å². The van der Waals surface area contributed by atoms with Gasteiger partial charge in [-0.2, -0.15) is 0 Å². The van der Waals surface area contributed by atoms with E-state index in [9.17, 15) is 4.79 Å². The van der Waals surface area contributed by atoms with Crippen LogP contribution in [0.25, 0.3) is 0 Å². The molecular weight excluding hydrogens is 330 g/mol. The van der Waals surface area contributed by atoms with Crippen molar-refractivity contribution >= 4 is 21.8 Å². The zero-order valence-corrected chi connectivity index (χ0v) is 13.7. The largest absolute Gasteiger partial charge is 0.494 e. The summed E-state index contributed by atoms with van der Waals surface area (Å²) in [5.41, 5.74) is 2.72. The highest BCUT2D eigenvalue weighted by Gasteiger charge is 2.07. The SMILES string of the molecule is CCOc1cccc(CNC(=O)c2ccc(Br)c(C)c2)c1. The fourth-order valence-electron chi connectivity index (χ4n) is 1.98.